The van der Waals surface area contributed by atoms with Crippen LogP contribution in [0.15, 0.2) is 36.5 Å². The average Bonchev–Trinajstić information content (AvgIpc) is 2.84. The summed E-state index contributed by atoms with van der Waals surface area (Å²) in [5.74, 6) is 0.812. The minimum absolute atomic E-state index is 0.812. The summed E-state index contributed by atoms with van der Waals surface area (Å²) in [6.45, 7) is 4.54. The molecule has 3 rings (SSSR count). The van der Waals surface area contributed by atoms with Gasteiger partial charge in [0.2, 0.25) is 0 Å². The fourth-order valence-electron chi connectivity index (χ4n) is 2.85. The first kappa shape index (κ1) is 12.6. The van der Waals surface area contributed by atoms with Gasteiger partial charge in [-0.3, -0.25) is 4.98 Å². The van der Waals surface area contributed by atoms with Gasteiger partial charge < -0.3 is 10.2 Å². The van der Waals surface area contributed by atoms with Crippen molar-refractivity contribution < 1.29 is 0 Å². The van der Waals surface area contributed by atoms with Crippen molar-refractivity contribution in [3.63, 3.8) is 0 Å². The maximum Gasteiger partial charge on any atom is 0.0702 e. The van der Waals surface area contributed by atoms with Crippen LogP contribution in [0.4, 0.5) is 0 Å². The Morgan fingerprint density at radius 1 is 1.37 bits per heavy atom. The van der Waals surface area contributed by atoms with Gasteiger partial charge in [-0.05, 0) is 56.2 Å². The highest BCUT2D eigenvalue weighted by Crippen LogP contribution is 2.15. The molecule has 0 aliphatic carbocycles. The fourth-order valence-corrected chi connectivity index (χ4v) is 2.85. The normalized spacial score (nSPS) is 20.2. The summed E-state index contributed by atoms with van der Waals surface area (Å²) in [6, 6.07) is 10.6. The van der Waals surface area contributed by atoms with Gasteiger partial charge in [-0.15, -0.1) is 0 Å². The van der Waals surface area contributed by atoms with E-state index >= 15 is 0 Å². The summed E-state index contributed by atoms with van der Waals surface area (Å²) in [5.41, 5.74) is 2.41. The molecule has 0 bridgehead atoms. The van der Waals surface area contributed by atoms with Crippen LogP contribution < -0.4 is 5.32 Å². The third kappa shape index (κ3) is 3.11. The molecular formula is C16H21N3. The fraction of sp³-hybridized carbons (Fsp3) is 0.438. The molecule has 1 saturated heterocycles. The summed E-state index contributed by atoms with van der Waals surface area (Å²) in [7, 11) is 2.20. The number of fused-ring (bicyclic) bond motifs is 1. The smallest absolute Gasteiger partial charge is 0.0702 e. The summed E-state index contributed by atoms with van der Waals surface area (Å²) >= 11 is 0. The molecule has 3 nitrogen and oxygen atoms in total. The van der Waals surface area contributed by atoms with Crippen molar-refractivity contribution in [2.24, 2.45) is 5.92 Å². The van der Waals surface area contributed by atoms with Gasteiger partial charge in [0, 0.05) is 24.7 Å². The van der Waals surface area contributed by atoms with Crippen LogP contribution in [0.3, 0.4) is 0 Å². The van der Waals surface area contributed by atoms with E-state index in [2.05, 4.69) is 46.5 Å². The molecule has 1 unspecified atom stereocenters. The zero-order valence-electron chi connectivity index (χ0n) is 11.5. The van der Waals surface area contributed by atoms with Crippen LogP contribution >= 0.6 is 0 Å². The monoisotopic (exact) mass is 255 g/mol. The Morgan fingerprint density at radius 2 is 2.32 bits per heavy atom. The third-order valence-corrected chi connectivity index (χ3v) is 3.92. The number of nitrogens with one attached hydrogen (secondary N) is 1. The van der Waals surface area contributed by atoms with Crippen molar-refractivity contribution >= 4 is 10.9 Å². The third-order valence-electron chi connectivity index (χ3n) is 3.92. The van der Waals surface area contributed by atoms with Gasteiger partial charge in [0.05, 0.1) is 5.52 Å². The predicted octanol–water partition coefficient (Wildman–Crippen LogP) is 2.28. The minimum Gasteiger partial charge on any atom is -0.312 e. The average molecular weight is 255 g/mol. The van der Waals surface area contributed by atoms with Crippen molar-refractivity contribution in [1.29, 1.82) is 0 Å². The molecule has 1 aromatic carbocycles. The number of nitrogens with zero attached hydrogens (tertiary/aromatic N) is 2. The standard InChI is InChI=1S/C16H21N3/c1-19-8-6-14(12-19)11-17-10-13-4-5-16-15(9-13)3-2-7-18-16/h2-5,7,9,14,17H,6,8,10-12H2,1H3. The lowest BCUT2D eigenvalue weighted by molar-refractivity contribution is 0.388. The van der Waals surface area contributed by atoms with Gasteiger partial charge in [0.25, 0.3) is 0 Å². The van der Waals surface area contributed by atoms with Crippen molar-refractivity contribution in [3.8, 4) is 0 Å². The van der Waals surface area contributed by atoms with Crippen LogP contribution in [0.2, 0.25) is 0 Å². The molecule has 1 aromatic heterocycles. The van der Waals surface area contributed by atoms with Crippen LogP contribution in [0.25, 0.3) is 10.9 Å². The van der Waals surface area contributed by atoms with E-state index in [0.717, 1.165) is 24.5 Å². The van der Waals surface area contributed by atoms with E-state index in [-0.39, 0.29) is 0 Å². The van der Waals surface area contributed by atoms with E-state index in [0.29, 0.717) is 0 Å². The maximum absolute atomic E-state index is 4.35. The Bertz CT molecular complexity index is 552. The Hall–Kier alpha value is -1.45. The molecule has 0 radical (unpaired) electrons. The van der Waals surface area contributed by atoms with E-state index in [1.165, 1.54) is 30.5 Å². The Morgan fingerprint density at radius 3 is 3.16 bits per heavy atom. The maximum atomic E-state index is 4.35. The van der Waals surface area contributed by atoms with Crippen molar-refractivity contribution in [3.05, 3.63) is 42.1 Å². The lowest BCUT2D eigenvalue weighted by Gasteiger charge is -2.12. The van der Waals surface area contributed by atoms with Crippen LogP contribution in [-0.4, -0.2) is 36.6 Å². The number of likely N-dealkylation sites (tertiary alicyclic amines) is 1. The summed E-state index contributed by atoms with van der Waals surface area (Å²) in [5, 5.41) is 4.81. The Balaban J connectivity index is 1.56. The van der Waals surface area contributed by atoms with E-state index < -0.39 is 0 Å². The number of aromatic nitrogens is 1. The molecule has 1 aliphatic heterocycles. The van der Waals surface area contributed by atoms with Gasteiger partial charge >= 0.3 is 0 Å². The van der Waals surface area contributed by atoms with Gasteiger partial charge in [0.15, 0.2) is 0 Å². The van der Waals surface area contributed by atoms with Gasteiger partial charge in [0.1, 0.15) is 0 Å². The van der Waals surface area contributed by atoms with Crippen LogP contribution in [0, 0.1) is 5.92 Å². The van der Waals surface area contributed by atoms with Crippen LogP contribution in [-0.2, 0) is 6.54 Å². The molecule has 1 aliphatic rings. The molecule has 2 heterocycles. The highest BCUT2D eigenvalue weighted by Gasteiger charge is 2.18. The second kappa shape index (κ2) is 5.68. The molecule has 0 spiro atoms. The molecule has 0 saturated carbocycles. The highest BCUT2D eigenvalue weighted by molar-refractivity contribution is 5.78. The molecule has 3 heteroatoms. The molecular weight excluding hydrogens is 234 g/mol. The number of hydrogen-bond donors (Lipinski definition) is 1. The van der Waals surface area contributed by atoms with Gasteiger partial charge in [-0.1, -0.05) is 12.1 Å². The molecule has 0 amide bonds. The van der Waals surface area contributed by atoms with Gasteiger partial charge in [-0.2, -0.15) is 0 Å². The topological polar surface area (TPSA) is 28.2 Å². The van der Waals surface area contributed by atoms with E-state index in [9.17, 15) is 0 Å². The van der Waals surface area contributed by atoms with E-state index in [1.807, 2.05) is 12.3 Å². The minimum atomic E-state index is 0.812. The quantitative estimate of drug-likeness (QED) is 0.908. The number of pyridine rings is 1. The predicted molar refractivity (Wildman–Crippen MR) is 79.1 cm³/mol. The van der Waals surface area contributed by atoms with E-state index in [4.69, 9.17) is 0 Å². The lowest BCUT2D eigenvalue weighted by Crippen LogP contribution is -2.24. The SMILES string of the molecule is CN1CCC(CNCc2ccc3ncccc3c2)C1. The van der Waals surface area contributed by atoms with Crippen LogP contribution in [0.5, 0.6) is 0 Å². The molecule has 1 fully saturated rings. The first-order valence-electron chi connectivity index (χ1n) is 7.04. The van der Waals surface area contributed by atoms with Crippen molar-refractivity contribution in [2.75, 3.05) is 26.7 Å². The van der Waals surface area contributed by atoms with Gasteiger partial charge in [-0.25, -0.2) is 0 Å². The van der Waals surface area contributed by atoms with Crippen LogP contribution in [0.1, 0.15) is 12.0 Å². The highest BCUT2D eigenvalue weighted by atomic mass is 15.1. The largest absolute Gasteiger partial charge is 0.312 e. The van der Waals surface area contributed by atoms with E-state index in [1.54, 1.807) is 0 Å². The molecule has 100 valence electrons. The summed E-state index contributed by atoms with van der Waals surface area (Å²) < 4.78 is 0. The zero-order chi connectivity index (χ0) is 13.1. The molecule has 2 aromatic rings. The number of benzene rings is 1. The first-order valence-corrected chi connectivity index (χ1v) is 7.04. The molecule has 19 heavy (non-hydrogen) atoms. The Kier molecular flexibility index (Phi) is 3.76. The summed E-state index contributed by atoms with van der Waals surface area (Å²) in [4.78, 5) is 6.76. The van der Waals surface area contributed by atoms with Crippen molar-refractivity contribution in [2.45, 2.75) is 13.0 Å². The zero-order valence-corrected chi connectivity index (χ0v) is 11.5. The van der Waals surface area contributed by atoms with Crippen molar-refractivity contribution in [1.82, 2.24) is 15.2 Å². The Labute approximate surface area is 114 Å². The second-order valence-electron chi connectivity index (χ2n) is 5.58. The first-order chi connectivity index (χ1) is 9.31. The number of rotatable bonds is 4. The lowest BCUT2D eigenvalue weighted by atomic mass is 10.1. The summed E-state index contributed by atoms with van der Waals surface area (Å²) in [6.07, 6.45) is 3.17. The number of hydrogen-bond acceptors (Lipinski definition) is 3. The second-order valence-corrected chi connectivity index (χ2v) is 5.58. The molecule has 1 N–H and O–H groups in total. The molecule has 1 atom stereocenters.